The van der Waals surface area contributed by atoms with Crippen molar-refractivity contribution in [3.05, 3.63) is 42.0 Å². The highest BCUT2D eigenvalue weighted by atomic mass is 19.1. The van der Waals surface area contributed by atoms with Gasteiger partial charge < -0.3 is 10.1 Å². The lowest BCUT2D eigenvalue weighted by Gasteiger charge is -2.08. The van der Waals surface area contributed by atoms with Crippen molar-refractivity contribution in [3.8, 4) is 11.6 Å². The van der Waals surface area contributed by atoms with Crippen molar-refractivity contribution in [1.82, 2.24) is 9.97 Å². The van der Waals surface area contributed by atoms with E-state index in [1.54, 1.807) is 31.2 Å². The highest BCUT2D eigenvalue weighted by Crippen LogP contribution is 2.25. The molecular formula is C13H14FN3O. The maximum absolute atomic E-state index is 13.8. The monoisotopic (exact) mass is 247 g/mol. The maximum atomic E-state index is 13.8. The Kier molecular flexibility index (Phi) is 3.72. The Labute approximate surface area is 105 Å². The topological polar surface area (TPSA) is 47.0 Å². The molecule has 94 valence electrons. The van der Waals surface area contributed by atoms with Crippen LogP contribution in [0.2, 0.25) is 0 Å². The molecule has 0 saturated carbocycles. The maximum Gasteiger partial charge on any atom is 0.224 e. The Balaban J connectivity index is 2.23. The van der Waals surface area contributed by atoms with Gasteiger partial charge in [0.15, 0.2) is 11.6 Å². The van der Waals surface area contributed by atoms with E-state index >= 15 is 0 Å². The van der Waals surface area contributed by atoms with Crippen LogP contribution in [0.3, 0.4) is 0 Å². The molecule has 0 atom stereocenters. The highest BCUT2D eigenvalue weighted by Gasteiger charge is 2.08. The lowest BCUT2D eigenvalue weighted by atomic mass is 10.2. The van der Waals surface area contributed by atoms with Crippen LogP contribution in [-0.4, -0.2) is 16.5 Å². The van der Waals surface area contributed by atoms with Crippen LogP contribution in [0.5, 0.6) is 11.6 Å². The van der Waals surface area contributed by atoms with Gasteiger partial charge in [0.1, 0.15) is 12.1 Å². The van der Waals surface area contributed by atoms with Gasteiger partial charge in [-0.3, -0.25) is 0 Å². The predicted molar refractivity (Wildman–Crippen MR) is 67.4 cm³/mol. The van der Waals surface area contributed by atoms with Crippen molar-refractivity contribution in [2.24, 2.45) is 0 Å². The quantitative estimate of drug-likeness (QED) is 0.901. The van der Waals surface area contributed by atoms with Crippen LogP contribution in [0.4, 0.5) is 10.2 Å². The molecule has 0 radical (unpaired) electrons. The Morgan fingerprint density at radius 1 is 1.33 bits per heavy atom. The molecule has 1 aromatic heterocycles. The molecule has 2 rings (SSSR count). The molecule has 5 heteroatoms. The zero-order valence-electron chi connectivity index (χ0n) is 10.3. The molecule has 2 aromatic rings. The first-order valence-corrected chi connectivity index (χ1v) is 5.69. The minimum atomic E-state index is -0.374. The summed E-state index contributed by atoms with van der Waals surface area (Å²) in [5.41, 5.74) is 0.536. The van der Waals surface area contributed by atoms with Crippen LogP contribution in [0.25, 0.3) is 0 Å². The van der Waals surface area contributed by atoms with Gasteiger partial charge in [-0.05, 0) is 25.5 Å². The molecule has 0 fully saturated rings. The number of benzene rings is 1. The number of ether oxygens (including phenoxy) is 1. The van der Waals surface area contributed by atoms with Crippen molar-refractivity contribution in [3.63, 3.8) is 0 Å². The average Bonchev–Trinajstić information content (AvgIpc) is 2.36. The smallest absolute Gasteiger partial charge is 0.224 e. The van der Waals surface area contributed by atoms with Gasteiger partial charge in [-0.1, -0.05) is 12.1 Å². The molecule has 0 saturated heterocycles. The third-order valence-electron chi connectivity index (χ3n) is 2.37. The number of nitrogens with one attached hydrogen (secondary N) is 1. The van der Waals surface area contributed by atoms with Crippen molar-refractivity contribution in [1.29, 1.82) is 0 Å². The van der Waals surface area contributed by atoms with Gasteiger partial charge in [0.2, 0.25) is 5.88 Å². The minimum absolute atomic E-state index is 0.163. The lowest BCUT2D eigenvalue weighted by Crippen LogP contribution is -2.00. The van der Waals surface area contributed by atoms with E-state index in [1.165, 1.54) is 6.33 Å². The molecular weight excluding hydrogens is 233 g/mol. The van der Waals surface area contributed by atoms with Gasteiger partial charge in [-0.2, -0.15) is 0 Å². The zero-order valence-corrected chi connectivity index (χ0v) is 10.3. The third-order valence-corrected chi connectivity index (χ3v) is 2.37. The second-order valence-corrected chi connectivity index (χ2v) is 3.76. The van der Waals surface area contributed by atoms with E-state index in [1.807, 2.05) is 6.92 Å². The molecule has 0 aliphatic heterocycles. The number of halogens is 1. The van der Waals surface area contributed by atoms with Gasteiger partial charge >= 0.3 is 0 Å². The van der Waals surface area contributed by atoms with E-state index in [2.05, 4.69) is 15.3 Å². The molecule has 0 bridgehead atoms. The fourth-order valence-corrected chi connectivity index (χ4v) is 1.49. The fraction of sp³-hybridized carbons (Fsp3) is 0.231. The Hall–Kier alpha value is -2.17. The number of hydrogen-bond acceptors (Lipinski definition) is 4. The summed E-state index contributed by atoms with van der Waals surface area (Å²) in [7, 11) is 0. The molecule has 0 aliphatic carbocycles. The number of hydrogen-bond donors (Lipinski definition) is 1. The van der Waals surface area contributed by atoms with Crippen molar-refractivity contribution in [2.45, 2.75) is 13.8 Å². The van der Waals surface area contributed by atoms with Crippen LogP contribution in [0.1, 0.15) is 12.5 Å². The van der Waals surface area contributed by atoms with Gasteiger partial charge in [0.05, 0.1) is 0 Å². The summed E-state index contributed by atoms with van der Waals surface area (Å²) in [6.45, 7) is 4.39. The third kappa shape index (κ3) is 2.74. The summed E-state index contributed by atoms with van der Waals surface area (Å²) in [4.78, 5) is 7.96. The molecule has 1 N–H and O–H groups in total. The zero-order chi connectivity index (χ0) is 13.0. The second kappa shape index (κ2) is 5.44. The van der Waals surface area contributed by atoms with Gasteiger partial charge in [-0.15, -0.1) is 0 Å². The molecule has 0 aliphatic rings. The first kappa shape index (κ1) is 12.3. The normalized spacial score (nSPS) is 10.2. The Bertz CT molecular complexity index is 546. The minimum Gasteiger partial charge on any atom is -0.436 e. The number of aryl methyl sites for hydroxylation is 1. The molecule has 18 heavy (non-hydrogen) atoms. The standard InChI is InChI=1S/C13H14FN3O/c1-3-15-11-7-12(17-8-16-11)18-10-6-4-5-9(2)13(10)14/h4-8H,3H2,1-2H3,(H,15,16,17). The first-order valence-electron chi connectivity index (χ1n) is 5.69. The van der Waals surface area contributed by atoms with Crippen LogP contribution < -0.4 is 10.1 Å². The van der Waals surface area contributed by atoms with E-state index in [0.717, 1.165) is 6.54 Å². The van der Waals surface area contributed by atoms with Crippen molar-refractivity contribution >= 4 is 5.82 Å². The van der Waals surface area contributed by atoms with E-state index in [-0.39, 0.29) is 11.6 Å². The lowest BCUT2D eigenvalue weighted by molar-refractivity contribution is 0.425. The summed E-state index contributed by atoms with van der Waals surface area (Å²) < 4.78 is 19.2. The van der Waals surface area contributed by atoms with E-state index in [4.69, 9.17) is 4.74 Å². The summed E-state index contributed by atoms with van der Waals surface area (Å²) >= 11 is 0. The fourth-order valence-electron chi connectivity index (χ4n) is 1.49. The Morgan fingerprint density at radius 3 is 2.94 bits per heavy atom. The van der Waals surface area contributed by atoms with Gasteiger partial charge in [0, 0.05) is 12.6 Å². The molecule has 0 spiro atoms. The summed E-state index contributed by atoms with van der Waals surface area (Å²) in [5, 5.41) is 3.03. The van der Waals surface area contributed by atoms with E-state index < -0.39 is 0 Å². The number of nitrogens with zero attached hydrogens (tertiary/aromatic N) is 2. The Morgan fingerprint density at radius 2 is 2.17 bits per heavy atom. The van der Waals surface area contributed by atoms with Gasteiger partial charge in [-0.25, -0.2) is 14.4 Å². The number of aromatic nitrogens is 2. The SMILES string of the molecule is CCNc1cc(Oc2cccc(C)c2F)ncn1. The van der Waals surface area contributed by atoms with Crippen LogP contribution in [-0.2, 0) is 0 Å². The van der Waals surface area contributed by atoms with Crippen LogP contribution in [0, 0.1) is 12.7 Å². The van der Waals surface area contributed by atoms with Crippen molar-refractivity contribution in [2.75, 3.05) is 11.9 Å². The summed E-state index contributed by atoms with van der Waals surface area (Å²) in [6.07, 6.45) is 1.38. The molecule has 0 unspecified atom stereocenters. The average molecular weight is 247 g/mol. The van der Waals surface area contributed by atoms with Crippen molar-refractivity contribution < 1.29 is 9.13 Å². The number of rotatable bonds is 4. The largest absolute Gasteiger partial charge is 0.436 e. The van der Waals surface area contributed by atoms with E-state index in [9.17, 15) is 4.39 Å². The molecule has 0 amide bonds. The van der Waals surface area contributed by atoms with Crippen LogP contribution >= 0.6 is 0 Å². The number of anilines is 1. The first-order chi connectivity index (χ1) is 8.70. The summed E-state index contributed by atoms with van der Waals surface area (Å²) in [6, 6.07) is 6.62. The van der Waals surface area contributed by atoms with Gasteiger partial charge in [0.25, 0.3) is 0 Å². The predicted octanol–water partition coefficient (Wildman–Crippen LogP) is 3.15. The second-order valence-electron chi connectivity index (χ2n) is 3.76. The molecule has 4 nitrogen and oxygen atoms in total. The summed E-state index contributed by atoms with van der Waals surface area (Å²) in [5.74, 6) is 0.748. The highest BCUT2D eigenvalue weighted by molar-refractivity contribution is 5.39. The van der Waals surface area contributed by atoms with E-state index in [0.29, 0.717) is 17.3 Å². The van der Waals surface area contributed by atoms with Crippen LogP contribution in [0.15, 0.2) is 30.6 Å². The molecule has 1 aromatic carbocycles. The molecule has 1 heterocycles.